The summed E-state index contributed by atoms with van der Waals surface area (Å²) in [7, 11) is 0. The van der Waals surface area contributed by atoms with E-state index in [-0.39, 0.29) is 0 Å². The van der Waals surface area contributed by atoms with E-state index in [1.165, 1.54) is 12.8 Å². The summed E-state index contributed by atoms with van der Waals surface area (Å²) in [4.78, 5) is 4.77. The van der Waals surface area contributed by atoms with E-state index in [2.05, 4.69) is 53.8 Å². The van der Waals surface area contributed by atoms with Gasteiger partial charge in [-0.05, 0) is 63.6 Å². The van der Waals surface area contributed by atoms with Crippen LogP contribution in [0.15, 0.2) is 35.3 Å². The topological polar surface area (TPSA) is 63.5 Å². The second-order valence-electron chi connectivity index (χ2n) is 7.46. The van der Waals surface area contributed by atoms with Crippen molar-refractivity contribution in [1.29, 1.82) is 0 Å². The summed E-state index contributed by atoms with van der Waals surface area (Å²) < 4.78 is 7.69. The summed E-state index contributed by atoms with van der Waals surface area (Å²) in [5.41, 5.74) is 4.39. The molecule has 1 aromatic carbocycles. The second-order valence-corrected chi connectivity index (χ2v) is 7.46. The standard InChI is InChI=1S/C22H33N5O/c1-4-23-22(24-12-7-13-28-16-19-10-11-19)25-15-20-8-5-6-9-21(20)27-18(3)14-17(2)26-27/h5-6,8-9,14,19H,4,7,10-13,15-16H2,1-3H3,(H2,23,24,25). The van der Waals surface area contributed by atoms with Crippen molar-refractivity contribution < 1.29 is 4.74 Å². The third-order valence-electron chi connectivity index (χ3n) is 4.79. The van der Waals surface area contributed by atoms with Crippen LogP contribution in [-0.4, -0.2) is 42.0 Å². The van der Waals surface area contributed by atoms with Crippen molar-refractivity contribution in [2.75, 3.05) is 26.3 Å². The number of nitrogens with zero attached hydrogens (tertiary/aromatic N) is 3. The van der Waals surface area contributed by atoms with Gasteiger partial charge in [0.25, 0.3) is 0 Å². The van der Waals surface area contributed by atoms with E-state index in [0.717, 1.165) is 67.2 Å². The summed E-state index contributed by atoms with van der Waals surface area (Å²) in [6, 6.07) is 10.4. The first-order valence-electron chi connectivity index (χ1n) is 10.4. The minimum absolute atomic E-state index is 0.599. The Kier molecular flexibility index (Phi) is 7.48. The Morgan fingerprint density at radius 3 is 2.79 bits per heavy atom. The molecule has 0 spiro atoms. The largest absolute Gasteiger partial charge is 0.381 e. The highest BCUT2D eigenvalue weighted by Gasteiger charge is 2.20. The van der Waals surface area contributed by atoms with Gasteiger partial charge in [-0.3, -0.25) is 0 Å². The van der Waals surface area contributed by atoms with Crippen LogP contribution in [0, 0.1) is 19.8 Å². The van der Waals surface area contributed by atoms with Crippen LogP contribution >= 0.6 is 0 Å². The second kappa shape index (κ2) is 10.3. The summed E-state index contributed by atoms with van der Waals surface area (Å²) in [5.74, 6) is 1.67. The van der Waals surface area contributed by atoms with Gasteiger partial charge in [-0.2, -0.15) is 5.10 Å². The van der Waals surface area contributed by atoms with Gasteiger partial charge in [0.1, 0.15) is 0 Å². The van der Waals surface area contributed by atoms with Crippen LogP contribution in [0.25, 0.3) is 5.69 Å². The van der Waals surface area contributed by atoms with Gasteiger partial charge in [0.2, 0.25) is 0 Å². The lowest BCUT2D eigenvalue weighted by Gasteiger charge is -2.13. The van der Waals surface area contributed by atoms with E-state index in [9.17, 15) is 0 Å². The van der Waals surface area contributed by atoms with Crippen LogP contribution in [0.1, 0.15) is 43.1 Å². The van der Waals surface area contributed by atoms with Crippen LogP contribution in [0.3, 0.4) is 0 Å². The van der Waals surface area contributed by atoms with Gasteiger partial charge in [-0.25, -0.2) is 9.67 Å². The third-order valence-corrected chi connectivity index (χ3v) is 4.79. The van der Waals surface area contributed by atoms with E-state index >= 15 is 0 Å². The average molecular weight is 384 g/mol. The minimum Gasteiger partial charge on any atom is -0.381 e. The molecule has 6 heteroatoms. The maximum atomic E-state index is 5.70. The monoisotopic (exact) mass is 383 g/mol. The quantitative estimate of drug-likeness (QED) is 0.375. The number of nitrogens with one attached hydrogen (secondary N) is 2. The predicted molar refractivity (Wildman–Crippen MR) is 114 cm³/mol. The molecule has 1 aliphatic carbocycles. The molecule has 6 nitrogen and oxygen atoms in total. The van der Waals surface area contributed by atoms with Gasteiger partial charge < -0.3 is 15.4 Å². The first-order valence-corrected chi connectivity index (χ1v) is 10.4. The Labute approximate surface area is 168 Å². The van der Waals surface area contributed by atoms with Crippen molar-refractivity contribution in [3.63, 3.8) is 0 Å². The molecule has 152 valence electrons. The van der Waals surface area contributed by atoms with E-state index < -0.39 is 0 Å². The molecule has 0 unspecified atom stereocenters. The molecule has 1 aliphatic rings. The van der Waals surface area contributed by atoms with E-state index in [4.69, 9.17) is 9.73 Å². The Morgan fingerprint density at radius 1 is 1.25 bits per heavy atom. The van der Waals surface area contributed by atoms with Crippen molar-refractivity contribution in [3.05, 3.63) is 47.3 Å². The maximum absolute atomic E-state index is 5.70. The van der Waals surface area contributed by atoms with Crippen molar-refractivity contribution in [2.45, 2.75) is 46.6 Å². The molecule has 0 aliphatic heterocycles. The van der Waals surface area contributed by atoms with Crippen LogP contribution in [0.2, 0.25) is 0 Å². The first-order chi connectivity index (χ1) is 13.7. The molecule has 1 fully saturated rings. The Balaban J connectivity index is 1.57. The molecule has 0 bridgehead atoms. The normalized spacial score (nSPS) is 14.3. The number of hydrogen-bond donors (Lipinski definition) is 2. The maximum Gasteiger partial charge on any atom is 0.191 e. The van der Waals surface area contributed by atoms with Crippen molar-refractivity contribution >= 4 is 5.96 Å². The van der Waals surface area contributed by atoms with Crippen LogP contribution in [-0.2, 0) is 11.3 Å². The summed E-state index contributed by atoms with van der Waals surface area (Å²) >= 11 is 0. The molecular weight excluding hydrogens is 350 g/mol. The number of hydrogen-bond acceptors (Lipinski definition) is 3. The lowest BCUT2D eigenvalue weighted by Crippen LogP contribution is -2.38. The fraction of sp³-hybridized carbons (Fsp3) is 0.545. The Morgan fingerprint density at radius 2 is 2.07 bits per heavy atom. The van der Waals surface area contributed by atoms with Crippen LogP contribution in [0.4, 0.5) is 0 Å². The van der Waals surface area contributed by atoms with Gasteiger partial charge in [0, 0.05) is 32.0 Å². The van der Waals surface area contributed by atoms with Crippen LogP contribution < -0.4 is 10.6 Å². The Bertz CT molecular complexity index is 779. The molecular formula is C22H33N5O. The first kappa shape index (κ1) is 20.4. The minimum atomic E-state index is 0.599. The summed E-state index contributed by atoms with van der Waals surface area (Å²) in [6.45, 7) is 10.2. The van der Waals surface area contributed by atoms with E-state index in [1.54, 1.807) is 0 Å². The summed E-state index contributed by atoms with van der Waals surface area (Å²) in [5, 5.41) is 11.4. The number of aryl methyl sites for hydroxylation is 2. The molecule has 1 heterocycles. The van der Waals surface area contributed by atoms with Crippen molar-refractivity contribution in [2.24, 2.45) is 10.9 Å². The fourth-order valence-corrected chi connectivity index (χ4v) is 3.15. The lowest BCUT2D eigenvalue weighted by atomic mass is 10.2. The lowest BCUT2D eigenvalue weighted by molar-refractivity contribution is 0.123. The van der Waals surface area contributed by atoms with Gasteiger partial charge in [-0.15, -0.1) is 0 Å². The molecule has 0 atom stereocenters. The highest BCUT2D eigenvalue weighted by Crippen LogP contribution is 2.28. The summed E-state index contributed by atoms with van der Waals surface area (Å²) in [6.07, 6.45) is 3.67. The number of aliphatic imine (C=N–C) groups is 1. The number of para-hydroxylation sites is 1. The molecule has 1 saturated carbocycles. The SMILES string of the molecule is CCNC(=NCc1ccccc1-n1nc(C)cc1C)NCCCOCC1CC1. The number of guanidine groups is 1. The molecule has 28 heavy (non-hydrogen) atoms. The molecule has 0 radical (unpaired) electrons. The number of aromatic nitrogens is 2. The highest BCUT2D eigenvalue weighted by atomic mass is 16.5. The van der Waals surface area contributed by atoms with Gasteiger partial charge in [0.15, 0.2) is 5.96 Å². The highest BCUT2D eigenvalue weighted by molar-refractivity contribution is 5.79. The van der Waals surface area contributed by atoms with Crippen molar-refractivity contribution in [3.8, 4) is 5.69 Å². The molecule has 2 N–H and O–H groups in total. The number of rotatable bonds is 10. The van der Waals surface area contributed by atoms with Gasteiger partial charge in [-0.1, -0.05) is 18.2 Å². The Hall–Kier alpha value is -2.34. The van der Waals surface area contributed by atoms with Crippen molar-refractivity contribution in [1.82, 2.24) is 20.4 Å². The zero-order valence-corrected chi connectivity index (χ0v) is 17.4. The zero-order valence-electron chi connectivity index (χ0n) is 17.4. The van der Waals surface area contributed by atoms with Gasteiger partial charge >= 0.3 is 0 Å². The van der Waals surface area contributed by atoms with Crippen LogP contribution in [0.5, 0.6) is 0 Å². The molecule has 0 saturated heterocycles. The number of benzene rings is 1. The number of ether oxygens (including phenoxy) is 1. The third kappa shape index (κ3) is 6.09. The molecule has 3 rings (SSSR count). The van der Waals surface area contributed by atoms with Gasteiger partial charge in [0.05, 0.1) is 17.9 Å². The predicted octanol–water partition coefficient (Wildman–Crippen LogP) is 3.36. The zero-order chi connectivity index (χ0) is 19.8. The molecule has 2 aromatic rings. The molecule has 1 aromatic heterocycles. The fourth-order valence-electron chi connectivity index (χ4n) is 3.15. The molecule has 0 amide bonds. The van der Waals surface area contributed by atoms with E-state index in [0.29, 0.717) is 6.54 Å². The smallest absolute Gasteiger partial charge is 0.191 e. The average Bonchev–Trinajstić information content (AvgIpc) is 3.45. The van der Waals surface area contributed by atoms with E-state index in [1.807, 2.05) is 17.7 Å².